The maximum absolute atomic E-state index is 11.9. The quantitative estimate of drug-likeness (QED) is 0.416. The van der Waals surface area contributed by atoms with E-state index in [1.54, 1.807) is 30.3 Å². The molecule has 0 heterocycles. The first-order valence-electron chi connectivity index (χ1n) is 7.71. The number of nitrogens with zero attached hydrogens (tertiary/aromatic N) is 1. The lowest BCUT2D eigenvalue weighted by molar-refractivity contribution is -0.126. The van der Waals surface area contributed by atoms with Crippen molar-refractivity contribution >= 4 is 46.9 Å². The van der Waals surface area contributed by atoms with Gasteiger partial charge in [0, 0.05) is 11.3 Å². The highest BCUT2D eigenvalue weighted by molar-refractivity contribution is 6.42. The molecule has 0 aliphatic rings. The average Bonchev–Trinajstić information content (AvgIpc) is 2.64. The number of carbonyl (C=O) groups excluding carboxylic acids is 2. The fourth-order valence-corrected chi connectivity index (χ4v) is 2.38. The number of benzene rings is 2. The molecular formula is C18H17Cl2N3O4. The molecule has 9 heteroatoms. The Morgan fingerprint density at radius 2 is 1.81 bits per heavy atom. The van der Waals surface area contributed by atoms with Gasteiger partial charge in [-0.3, -0.25) is 9.59 Å². The molecule has 0 unspecified atom stereocenters. The van der Waals surface area contributed by atoms with E-state index in [0.29, 0.717) is 32.8 Å². The van der Waals surface area contributed by atoms with Crippen LogP contribution in [0.4, 0.5) is 5.69 Å². The minimum Gasteiger partial charge on any atom is -0.497 e. The molecule has 0 aliphatic heterocycles. The summed E-state index contributed by atoms with van der Waals surface area (Å²) in [5.41, 5.74) is 3.33. The van der Waals surface area contributed by atoms with Crippen molar-refractivity contribution in [3.05, 3.63) is 52.0 Å². The molecule has 0 saturated heterocycles. The van der Waals surface area contributed by atoms with Crippen LogP contribution in [0.1, 0.15) is 12.0 Å². The first-order valence-corrected chi connectivity index (χ1v) is 8.47. The lowest BCUT2D eigenvalue weighted by atomic mass is 10.2. The van der Waals surface area contributed by atoms with Crippen molar-refractivity contribution in [2.75, 3.05) is 19.5 Å². The maximum Gasteiger partial charge on any atom is 0.249 e. The molecule has 2 aromatic carbocycles. The minimum atomic E-state index is -0.578. The van der Waals surface area contributed by atoms with Gasteiger partial charge in [0.2, 0.25) is 11.8 Å². The number of carbonyl (C=O) groups is 2. The van der Waals surface area contributed by atoms with Gasteiger partial charge >= 0.3 is 0 Å². The van der Waals surface area contributed by atoms with Crippen LogP contribution in [0, 0.1) is 0 Å². The van der Waals surface area contributed by atoms with Gasteiger partial charge in [0.05, 0.1) is 30.5 Å². The van der Waals surface area contributed by atoms with Crippen LogP contribution in [-0.4, -0.2) is 32.2 Å². The molecule has 0 aliphatic carbocycles. The molecule has 142 valence electrons. The lowest BCUT2D eigenvalue weighted by Gasteiger charge is -2.07. The van der Waals surface area contributed by atoms with E-state index in [4.69, 9.17) is 32.7 Å². The summed E-state index contributed by atoms with van der Waals surface area (Å²) in [6.45, 7) is 0. The van der Waals surface area contributed by atoms with E-state index in [1.807, 2.05) is 0 Å². The molecule has 7 nitrogen and oxygen atoms in total. The Labute approximate surface area is 166 Å². The Hall–Kier alpha value is -2.77. The van der Waals surface area contributed by atoms with Gasteiger partial charge in [-0.15, -0.1) is 0 Å². The van der Waals surface area contributed by atoms with Gasteiger partial charge in [-0.25, -0.2) is 5.43 Å². The number of nitrogens with one attached hydrogen (secondary N) is 2. The first-order chi connectivity index (χ1) is 12.9. The summed E-state index contributed by atoms with van der Waals surface area (Å²) in [6.07, 6.45) is 0.989. The van der Waals surface area contributed by atoms with Crippen molar-refractivity contribution in [3.63, 3.8) is 0 Å². The van der Waals surface area contributed by atoms with Crippen molar-refractivity contribution in [2.45, 2.75) is 6.42 Å². The van der Waals surface area contributed by atoms with Crippen molar-refractivity contribution in [1.82, 2.24) is 5.43 Å². The second kappa shape index (κ2) is 9.80. The van der Waals surface area contributed by atoms with Crippen LogP contribution in [-0.2, 0) is 9.59 Å². The van der Waals surface area contributed by atoms with E-state index in [1.165, 1.54) is 26.5 Å². The summed E-state index contributed by atoms with van der Waals surface area (Å²) in [7, 11) is 3.06. The Kier molecular flexibility index (Phi) is 7.45. The van der Waals surface area contributed by atoms with E-state index in [-0.39, 0.29) is 0 Å². The van der Waals surface area contributed by atoms with Crippen LogP contribution in [0.2, 0.25) is 10.0 Å². The fraction of sp³-hybridized carbons (Fsp3) is 0.167. The van der Waals surface area contributed by atoms with Crippen molar-refractivity contribution in [1.29, 1.82) is 0 Å². The van der Waals surface area contributed by atoms with Crippen molar-refractivity contribution in [3.8, 4) is 11.5 Å². The number of amides is 2. The third kappa shape index (κ3) is 6.16. The van der Waals surface area contributed by atoms with Crippen LogP contribution >= 0.6 is 23.2 Å². The predicted molar refractivity (Wildman–Crippen MR) is 105 cm³/mol. The van der Waals surface area contributed by atoms with Gasteiger partial charge in [-0.1, -0.05) is 23.2 Å². The molecule has 0 saturated carbocycles. The van der Waals surface area contributed by atoms with E-state index in [0.717, 1.165) is 0 Å². The summed E-state index contributed by atoms with van der Waals surface area (Å²) in [5, 5.41) is 7.06. The van der Waals surface area contributed by atoms with Gasteiger partial charge in [-0.2, -0.15) is 5.10 Å². The molecule has 0 bridgehead atoms. The zero-order valence-corrected chi connectivity index (χ0v) is 16.1. The normalized spacial score (nSPS) is 10.5. The molecule has 2 amide bonds. The summed E-state index contributed by atoms with van der Waals surface area (Å²) >= 11 is 11.7. The molecule has 0 spiro atoms. The van der Waals surface area contributed by atoms with Gasteiger partial charge in [-0.05, 0) is 36.4 Å². The highest BCUT2D eigenvalue weighted by Crippen LogP contribution is 2.25. The SMILES string of the molecule is COc1ccc(OC)c(C=NNC(=O)CC(=O)Nc2ccc(Cl)c(Cl)c2)c1. The number of methoxy groups -OCH3 is 2. The van der Waals surface area contributed by atoms with Gasteiger partial charge in [0.25, 0.3) is 0 Å². The Balaban J connectivity index is 1.91. The Morgan fingerprint density at radius 3 is 2.48 bits per heavy atom. The number of rotatable bonds is 7. The second-order valence-corrected chi connectivity index (χ2v) is 6.07. The molecule has 0 radical (unpaired) electrons. The molecular weight excluding hydrogens is 393 g/mol. The van der Waals surface area contributed by atoms with E-state index >= 15 is 0 Å². The highest BCUT2D eigenvalue weighted by Gasteiger charge is 2.10. The standard InChI is InChI=1S/C18H17Cl2N3O4/c1-26-13-4-6-16(27-2)11(7-13)10-21-23-18(25)9-17(24)22-12-3-5-14(19)15(20)8-12/h3-8,10H,9H2,1-2H3,(H,22,24)(H,23,25). The molecule has 2 rings (SSSR count). The van der Waals surface area contributed by atoms with Crippen LogP contribution in [0.3, 0.4) is 0 Å². The minimum absolute atomic E-state index is 0.302. The van der Waals surface area contributed by atoms with Gasteiger partial charge < -0.3 is 14.8 Å². The van der Waals surface area contributed by atoms with Crippen LogP contribution in [0.5, 0.6) is 11.5 Å². The van der Waals surface area contributed by atoms with Crippen LogP contribution in [0.15, 0.2) is 41.5 Å². The van der Waals surface area contributed by atoms with Crippen molar-refractivity contribution < 1.29 is 19.1 Å². The summed E-state index contributed by atoms with van der Waals surface area (Å²) in [6, 6.07) is 9.77. The Bertz CT molecular complexity index is 872. The number of hydrogen-bond acceptors (Lipinski definition) is 5. The second-order valence-electron chi connectivity index (χ2n) is 5.25. The number of hydrogen-bond donors (Lipinski definition) is 2. The largest absolute Gasteiger partial charge is 0.497 e. The molecule has 0 atom stereocenters. The summed E-state index contributed by atoms with van der Waals surface area (Å²) < 4.78 is 10.3. The molecule has 2 aromatic rings. The lowest BCUT2D eigenvalue weighted by Crippen LogP contribution is -2.24. The third-order valence-electron chi connectivity index (χ3n) is 3.35. The molecule has 2 N–H and O–H groups in total. The van der Waals surface area contributed by atoms with Gasteiger partial charge in [0.1, 0.15) is 17.9 Å². The fourth-order valence-electron chi connectivity index (χ4n) is 2.08. The van der Waals surface area contributed by atoms with E-state index in [2.05, 4.69) is 15.8 Å². The zero-order chi connectivity index (χ0) is 19.8. The molecule has 0 aromatic heterocycles. The predicted octanol–water partition coefficient (Wildman–Crippen LogP) is 3.49. The van der Waals surface area contributed by atoms with E-state index < -0.39 is 18.2 Å². The highest BCUT2D eigenvalue weighted by atomic mass is 35.5. The summed E-state index contributed by atoms with van der Waals surface area (Å²) in [5.74, 6) is 0.0847. The number of ether oxygens (including phenoxy) is 2. The topological polar surface area (TPSA) is 89.0 Å². The Morgan fingerprint density at radius 1 is 1.04 bits per heavy atom. The maximum atomic E-state index is 11.9. The number of hydrazone groups is 1. The third-order valence-corrected chi connectivity index (χ3v) is 4.09. The van der Waals surface area contributed by atoms with Gasteiger partial charge in [0.15, 0.2) is 0 Å². The number of anilines is 1. The monoisotopic (exact) mass is 409 g/mol. The van der Waals surface area contributed by atoms with E-state index in [9.17, 15) is 9.59 Å². The van der Waals surface area contributed by atoms with Crippen molar-refractivity contribution in [2.24, 2.45) is 5.10 Å². The zero-order valence-electron chi connectivity index (χ0n) is 14.6. The summed E-state index contributed by atoms with van der Waals surface area (Å²) in [4.78, 5) is 23.7. The average molecular weight is 410 g/mol. The number of halogens is 2. The molecule has 27 heavy (non-hydrogen) atoms. The van der Waals surface area contributed by atoms with Crippen LogP contribution in [0.25, 0.3) is 0 Å². The molecule has 0 fully saturated rings. The first kappa shape index (κ1) is 20.5. The van der Waals surface area contributed by atoms with Crippen LogP contribution < -0.4 is 20.2 Å². The smallest absolute Gasteiger partial charge is 0.249 e.